The SMILES string of the molecule is Cc1nc(Cl)c(Cl)n1CC(=O)OCCC(F)=C(F)F. The molecule has 0 aliphatic carbocycles. The van der Waals surface area contributed by atoms with E-state index in [1.165, 1.54) is 4.57 Å². The van der Waals surface area contributed by atoms with Crippen molar-refractivity contribution in [3.8, 4) is 0 Å². The molecule has 0 saturated heterocycles. The van der Waals surface area contributed by atoms with Gasteiger partial charge in [-0.1, -0.05) is 23.2 Å². The molecule has 1 rings (SSSR count). The van der Waals surface area contributed by atoms with Gasteiger partial charge in [-0.3, -0.25) is 4.79 Å². The molecule has 9 heteroatoms. The van der Waals surface area contributed by atoms with Crippen LogP contribution in [0.4, 0.5) is 13.2 Å². The molecule has 1 heterocycles. The first-order valence-corrected chi connectivity index (χ1v) is 5.82. The number of nitrogens with zero attached hydrogens (tertiary/aromatic N) is 2. The minimum atomic E-state index is -2.42. The van der Waals surface area contributed by atoms with Crippen molar-refractivity contribution in [2.45, 2.75) is 19.9 Å². The van der Waals surface area contributed by atoms with E-state index in [-0.39, 0.29) is 16.9 Å². The summed E-state index contributed by atoms with van der Waals surface area (Å²) in [5.74, 6) is -1.97. The first kappa shape index (κ1) is 15.8. The predicted molar refractivity (Wildman–Crippen MR) is 62.9 cm³/mol. The fourth-order valence-corrected chi connectivity index (χ4v) is 1.66. The van der Waals surface area contributed by atoms with Crippen molar-refractivity contribution in [1.29, 1.82) is 0 Å². The Morgan fingerprint density at radius 3 is 2.47 bits per heavy atom. The Labute approximate surface area is 116 Å². The van der Waals surface area contributed by atoms with Crippen molar-refractivity contribution in [1.82, 2.24) is 9.55 Å². The summed E-state index contributed by atoms with van der Waals surface area (Å²) in [5.41, 5.74) is 0. The molecular formula is C10H9Cl2F3N2O2. The number of hydrogen-bond donors (Lipinski definition) is 0. The molecule has 0 unspecified atom stereocenters. The molecule has 1 aromatic rings. The van der Waals surface area contributed by atoms with Crippen LogP contribution in [0, 0.1) is 6.92 Å². The summed E-state index contributed by atoms with van der Waals surface area (Å²) in [4.78, 5) is 15.2. The highest BCUT2D eigenvalue weighted by Gasteiger charge is 2.15. The summed E-state index contributed by atoms with van der Waals surface area (Å²) in [6.45, 7) is 0.806. The molecule has 0 spiro atoms. The number of carbonyl (C=O) groups is 1. The summed E-state index contributed by atoms with van der Waals surface area (Å²) >= 11 is 11.4. The molecule has 19 heavy (non-hydrogen) atoms. The van der Waals surface area contributed by atoms with Crippen LogP contribution in [0.15, 0.2) is 11.9 Å². The van der Waals surface area contributed by atoms with Crippen LogP contribution in [0.1, 0.15) is 12.2 Å². The molecule has 0 bridgehead atoms. The fraction of sp³-hybridized carbons (Fsp3) is 0.400. The van der Waals surface area contributed by atoms with Crippen molar-refractivity contribution >= 4 is 29.2 Å². The second kappa shape index (κ2) is 6.81. The number of aryl methyl sites for hydroxylation is 1. The highest BCUT2D eigenvalue weighted by atomic mass is 35.5. The molecule has 0 N–H and O–H groups in total. The lowest BCUT2D eigenvalue weighted by atomic mass is 10.4. The van der Waals surface area contributed by atoms with Crippen LogP contribution in [0.3, 0.4) is 0 Å². The largest absolute Gasteiger partial charge is 0.464 e. The molecule has 0 amide bonds. The van der Waals surface area contributed by atoms with Gasteiger partial charge in [-0.2, -0.15) is 8.78 Å². The summed E-state index contributed by atoms with van der Waals surface area (Å²) in [7, 11) is 0. The molecule has 0 atom stereocenters. The third-order valence-electron chi connectivity index (χ3n) is 2.13. The Morgan fingerprint density at radius 1 is 1.37 bits per heavy atom. The lowest BCUT2D eigenvalue weighted by Crippen LogP contribution is -2.15. The maximum absolute atomic E-state index is 12.4. The van der Waals surface area contributed by atoms with Gasteiger partial charge in [0.05, 0.1) is 6.61 Å². The van der Waals surface area contributed by atoms with Gasteiger partial charge in [-0.05, 0) is 6.92 Å². The summed E-state index contributed by atoms with van der Waals surface area (Å²) in [5, 5.41) is 0.109. The van der Waals surface area contributed by atoms with Gasteiger partial charge in [-0.25, -0.2) is 9.37 Å². The monoisotopic (exact) mass is 316 g/mol. The zero-order valence-electron chi connectivity index (χ0n) is 9.72. The van der Waals surface area contributed by atoms with Crippen LogP contribution in [0.2, 0.25) is 10.3 Å². The van der Waals surface area contributed by atoms with E-state index in [9.17, 15) is 18.0 Å². The zero-order valence-corrected chi connectivity index (χ0v) is 11.2. The highest BCUT2D eigenvalue weighted by Crippen LogP contribution is 2.22. The standard InChI is InChI=1S/C10H9Cl2F3N2O2/c1-5-16-8(11)9(12)17(5)4-7(18)19-3-2-6(13)10(14)15/h2-4H2,1H3. The zero-order chi connectivity index (χ0) is 14.6. The second-order valence-electron chi connectivity index (χ2n) is 3.46. The van der Waals surface area contributed by atoms with E-state index in [4.69, 9.17) is 23.2 Å². The topological polar surface area (TPSA) is 44.1 Å². The first-order chi connectivity index (χ1) is 8.82. The minimum Gasteiger partial charge on any atom is -0.464 e. The number of aromatic nitrogens is 2. The highest BCUT2D eigenvalue weighted by molar-refractivity contribution is 6.40. The van der Waals surface area contributed by atoms with E-state index in [1.54, 1.807) is 6.92 Å². The smallest absolute Gasteiger partial charge is 0.326 e. The van der Waals surface area contributed by atoms with E-state index in [1.807, 2.05) is 0 Å². The van der Waals surface area contributed by atoms with Gasteiger partial charge < -0.3 is 9.30 Å². The van der Waals surface area contributed by atoms with Gasteiger partial charge in [-0.15, -0.1) is 0 Å². The van der Waals surface area contributed by atoms with Gasteiger partial charge >= 0.3 is 12.0 Å². The van der Waals surface area contributed by atoms with E-state index < -0.39 is 30.9 Å². The van der Waals surface area contributed by atoms with Gasteiger partial charge in [0, 0.05) is 6.42 Å². The van der Waals surface area contributed by atoms with E-state index in [0.717, 1.165) is 0 Å². The van der Waals surface area contributed by atoms with Crippen LogP contribution in [0.25, 0.3) is 0 Å². The van der Waals surface area contributed by atoms with Crippen molar-refractivity contribution in [2.75, 3.05) is 6.61 Å². The maximum Gasteiger partial charge on any atom is 0.326 e. The van der Waals surface area contributed by atoms with Gasteiger partial charge in [0.15, 0.2) is 11.0 Å². The Kier molecular flexibility index (Phi) is 5.68. The van der Waals surface area contributed by atoms with Crippen molar-refractivity contribution in [2.24, 2.45) is 0 Å². The van der Waals surface area contributed by atoms with E-state index in [0.29, 0.717) is 5.82 Å². The Bertz CT molecular complexity index is 513. The number of hydrogen-bond acceptors (Lipinski definition) is 3. The minimum absolute atomic E-state index is 0.0421. The van der Waals surface area contributed by atoms with Gasteiger partial charge in [0.25, 0.3) is 0 Å². The first-order valence-electron chi connectivity index (χ1n) is 5.06. The third-order valence-corrected chi connectivity index (χ3v) is 2.88. The van der Waals surface area contributed by atoms with Crippen LogP contribution in [0.5, 0.6) is 0 Å². The number of ether oxygens (including phenoxy) is 1. The average Bonchev–Trinajstić information content (AvgIpc) is 2.55. The molecule has 0 fully saturated rings. The fourth-order valence-electron chi connectivity index (χ4n) is 1.21. The number of rotatable bonds is 5. The quantitative estimate of drug-likeness (QED) is 0.781. The Hall–Kier alpha value is -1.21. The molecule has 0 aromatic carbocycles. The van der Waals surface area contributed by atoms with Gasteiger partial charge in [0.1, 0.15) is 17.5 Å². The second-order valence-corrected chi connectivity index (χ2v) is 4.18. The van der Waals surface area contributed by atoms with E-state index in [2.05, 4.69) is 9.72 Å². The van der Waals surface area contributed by atoms with Crippen LogP contribution in [-0.2, 0) is 16.1 Å². The average molecular weight is 317 g/mol. The number of esters is 1. The molecule has 0 radical (unpaired) electrons. The van der Waals surface area contributed by atoms with Crippen molar-refractivity contribution in [3.05, 3.63) is 28.0 Å². The summed E-state index contributed by atoms with van der Waals surface area (Å²) in [6.07, 6.45) is -3.10. The normalized spacial score (nSPS) is 10.4. The summed E-state index contributed by atoms with van der Waals surface area (Å²) < 4.78 is 41.7. The molecular weight excluding hydrogens is 308 g/mol. The van der Waals surface area contributed by atoms with Gasteiger partial charge in [0.2, 0.25) is 0 Å². The molecule has 0 aliphatic heterocycles. The number of carbonyl (C=O) groups excluding carboxylic acids is 1. The molecule has 0 aliphatic rings. The summed E-state index contributed by atoms with van der Waals surface area (Å²) in [6, 6.07) is 0. The number of halogens is 5. The molecule has 1 aromatic heterocycles. The maximum atomic E-state index is 12.4. The van der Waals surface area contributed by atoms with Crippen LogP contribution < -0.4 is 0 Å². The third kappa shape index (κ3) is 4.43. The Morgan fingerprint density at radius 2 is 2.00 bits per heavy atom. The lowest BCUT2D eigenvalue weighted by Gasteiger charge is -2.07. The number of imidazole rings is 1. The van der Waals surface area contributed by atoms with Crippen molar-refractivity contribution in [3.63, 3.8) is 0 Å². The van der Waals surface area contributed by atoms with E-state index >= 15 is 0 Å². The molecule has 106 valence electrons. The Balaban J connectivity index is 2.50. The van der Waals surface area contributed by atoms with Crippen molar-refractivity contribution < 1.29 is 22.7 Å². The molecule has 4 nitrogen and oxygen atoms in total. The lowest BCUT2D eigenvalue weighted by molar-refractivity contribution is -0.144. The van der Waals surface area contributed by atoms with Crippen LogP contribution >= 0.6 is 23.2 Å². The van der Waals surface area contributed by atoms with Crippen LogP contribution in [-0.4, -0.2) is 22.1 Å². The molecule has 0 saturated carbocycles. The predicted octanol–water partition coefficient (Wildman–Crippen LogP) is 3.51.